The van der Waals surface area contributed by atoms with E-state index < -0.39 is 58.6 Å². The van der Waals surface area contributed by atoms with Crippen LogP contribution in [-0.2, 0) is 4.79 Å². The number of halogens is 6. The zero-order chi connectivity index (χ0) is 29.6. The summed E-state index contributed by atoms with van der Waals surface area (Å²) in [7, 11) is 0. The van der Waals surface area contributed by atoms with Crippen molar-refractivity contribution in [3.05, 3.63) is 92.9 Å². The summed E-state index contributed by atoms with van der Waals surface area (Å²) in [5.41, 5.74) is -2.58. The highest BCUT2D eigenvalue weighted by atomic mass is 35.5. The van der Waals surface area contributed by atoms with E-state index in [9.17, 15) is 41.4 Å². The van der Waals surface area contributed by atoms with Crippen molar-refractivity contribution in [3.63, 3.8) is 0 Å². The molecule has 0 saturated carbocycles. The second-order valence-corrected chi connectivity index (χ2v) is 9.54. The van der Waals surface area contributed by atoms with Crippen molar-refractivity contribution in [2.45, 2.75) is 24.7 Å². The summed E-state index contributed by atoms with van der Waals surface area (Å²) in [5, 5.41) is 11.4. The van der Waals surface area contributed by atoms with E-state index >= 15 is 0 Å². The summed E-state index contributed by atoms with van der Waals surface area (Å²) in [6.07, 6.45) is -4.77. The summed E-state index contributed by atoms with van der Waals surface area (Å²) >= 11 is 5.76. The maximum absolute atomic E-state index is 14.8. The van der Waals surface area contributed by atoms with E-state index in [1.165, 1.54) is 18.2 Å². The number of nitrogens with one attached hydrogen (secondary N) is 1. The number of hydrogen-bond donors (Lipinski definition) is 2. The van der Waals surface area contributed by atoms with Crippen LogP contribution in [0.2, 0.25) is 5.02 Å². The Hall–Kier alpha value is -4.43. The molecule has 41 heavy (non-hydrogen) atoms. The van der Waals surface area contributed by atoms with E-state index in [1.54, 1.807) is 5.32 Å². The number of pyridine rings is 3. The average molecular weight is 594 g/mol. The van der Waals surface area contributed by atoms with Crippen molar-refractivity contribution in [3.8, 4) is 5.82 Å². The van der Waals surface area contributed by atoms with Gasteiger partial charge in [0, 0.05) is 17.3 Å². The van der Waals surface area contributed by atoms with Crippen molar-refractivity contribution in [1.29, 1.82) is 0 Å². The van der Waals surface area contributed by atoms with Crippen LogP contribution in [0.25, 0.3) is 16.9 Å². The van der Waals surface area contributed by atoms with Gasteiger partial charge in [-0.2, -0.15) is 13.2 Å². The molecule has 5 rings (SSSR count). The van der Waals surface area contributed by atoms with Gasteiger partial charge in [-0.3, -0.25) is 23.9 Å². The number of aromatic nitrogens is 3. The van der Waals surface area contributed by atoms with Crippen molar-refractivity contribution >= 4 is 40.3 Å². The Balaban J connectivity index is 1.66. The highest BCUT2D eigenvalue weighted by molar-refractivity contribution is 6.30. The minimum absolute atomic E-state index is 0.0354. The third-order valence-electron chi connectivity index (χ3n) is 6.28. The van der Waals surface area contributed by atoms with Crippen LogP contribution >= 0.6 is 11.6 Å². The summed E-state index contributed by atoms with van der Waals surface area (Å²) in [6, 6.07) is 4.81. The SMILES string of the molecule is O=C(NC(c1ccc(Cl)cc1)C(F)(F)F)c1cn(-c2ncc(F)cc2F)c2nc(N3C[C@@H](O)CC3=O)ccc2c1=O. The lowest BCUT2D eigenvalue weighted by atomic mass is 10.1. The molecule has 3 aromatic heterocycles. The lowest BCUT2D eigenvalue weighted by Gasteiger charge is -2.22. The van der Waals surface area contributed by atoms with E-state index in [1.807, 2.05) is 0 Å². The molecule has 1 unspecified atom stereocenters. The Labute approximate surface area is 231 Å². The highest BCUT2D eigenvalue weighted by Gasteiger charge is 2.42. The molecule has 4 aromatic rings. The number of carbonyl (C=O) groups excluding carboxylic acids is 2. The molecule has 4 heterocycles. The summed E-state index contributed by atoms with van der Waals surface area (Å²) in [6.45, 7) is -0.116. The van der Waals surface area contributed by atoms with Crippen molar-refractivity contribution in [1.82, 2.24) is 19.9 Å². The van der Waals surface area contributed by atoms with Gasteiger partial charge in [0.25, 0.3) is 5.91 Å². The highest BCUT2D eigenvalue weighted by Crippen LogP contribution is 2.33. The van der Waals surface area contributed by atoms with E-state index in [0.29, 0.717) is 12.3 Å². The Morgan fingerprint density at radius 3 is 2.44 bits per heavy atom. The Morgan fingerprint density at radius 1 is 1.12 bits per heavy atom. The summed E-state index contributed by atoms with van der Waals surface area (Å²) in [4.78, 5) is 47.8. The van der Waals surface area contributed by atoms with Gasteiger partial charge in [0.2, 0.25) is 11.3 Å². The fourth-order valence-corrected chi connectivity index (χ4v) is 4.51. The molecule has 2 amide bonds. The minimum Gasteiger partial charge on any atom is -0.391 e. The number of benzene rings is 1. The van der Waals surface area contributed by atoms with Gasteiger partial charge in [-0.05, 0) is 29.8 Å². The maximum Gasteiger partial charge on any atom is 0.412 e. The van der Waals surface area contributed by atoms with Crippen molar-refractivity contribution < 1.29 is 36.6 Å². The summed E-state index contributed by atoms with van der Waals surface area (Å²) < 4.78 is 71.1. The number of hydrogen-bond acceptors (Lipinski definition) is 6. The van der Waals surface area contributed by atoms with Gasteiger partial charge in [-0.1, -0.05) is 23.7 Å². The largest absolute Gasteiger partial charge is 0.412 e. The molecule has 0 spiro atoms. The van der Waals surface area contributed by atoms with Crippen LogP contribution < -0.4 is 15.6 Å². The number of anilines is 1. The monoisotopic (exact) mass is 593 g/mol. The molecule has 15 heteroatoms. The first-order chi connectivity index (χ1) is 19.3. The number of aliphatic hydroxyl groups excluding tert-OH is 1. The normalized spacial score (nSPS) is 16.3. The Kier molecular flexibility index (Phi) is 7.21. The first-order valence-electron chi connectivity index (χ1n) is 11.8. The molecule has 0 bridgehead atoms. The molecule has 0 radical (unpaired) electrons. The number of alkyl halides is 3. The van der Waals surface area contributed by atoms with Crippen LogP contribution in [0.4, 0.5) is 27.8 Å². The van der Waals surface area contributed by atoms with E-state index in [0.717, 1.165) is 33.9 Å². The van der Waals surface area contributed by atoms with E-state index in [2.05, 4.69) is 9.97 Å². The average Bonchev–Trinajstić information content (AvgIpc) is 3.25. The Bertz CT molecular complexity index is 1750. The number of fused-ring (bicyclic) bond motifs is 1. The van der Waals surface area contributed by atoms with Gasteiger partial charge in [0.15, 0.2) is 23.3 Å². The first kappa shape index (κ1) is 28.1. The van der Waals surface area contributed by atoms with Gasteiger partial charge in [0.1, 0.15) is 17.2 Å². The molecule has 1 aliphatic rings. The molecule has 0 aliphatic carbocycles. The smallest absolute Gasteiger partial charge is 0.391 e. The van der Waals surface area contributed by atoms with Crippen LogP contribution in [0.15, 0.2) is 59.7 Å². The molecule has 212 valence electrons. The van der Waals surface area contributed by atoms with Crippen molar-refractivity contribution in [2.24, 2.45) is 0 Å². The number of amides is 2. The summed E-state index contributed by atoms with van der Waals surface area (Å²) in [5.74, 6) is -4.89. The second kappa shape index (κ2) is 10.5. The fourth-order valence-electron chi connectivity index (χ4n) is 4.38. The number of aliphatic hydroxyl groups is 1. The predicted molar refractivity (Wildman–Crippen MR) is 136 cm³/mol. The van der Waals surface area contributed by atoms with Gasteiger partial charge in [0.05, 0.1) is 30.7 Å². The third kappa shape index (κ3) is 5.47. The van der Waals surface area contributed by atoms with Crippen LogP contribution in [0, 0.1) is 11.6 Å². The standard InChI is InChI=1S/C26H17ClF5N5O4/c27-13-3-1-12(2-4-13)22(26(30,31)32)35-25(41)17-11-37(24-18(29)7-14(28)9-33-24)23-16(21(17)40)5-6-19(34-23)36-10-15(38)8-20(36)39/h1-7,9,11,15,22,38H,8,10H2,(H,35,41)/t15-,22?/m0/s1. The molecule has 2 N–H and O–H groups in total. The maximum atomic E-state index is 14.8. The van der Waals surface area contributed by atoms with Crippen LogP contribution in [-0.4, -0.2) is 50.3 Å². The molecule has 2 atom stereocenters. The third-order valence-corrected chi connectivity index (χ3v) is 6.54. The van der Waals surface area contributed by atoms with E-state index in [4.69, 9.17) is 11.6 Å². The zero-order valence-electron chi connectivity index (χ0n) is 20.5. The topological polar surface area (TPSA) is 117 Å². The molecule has 1 aromatic carbocycles. The Morgan fingerprint density at radius 2 is 1.83 bits per heavy atom. The molecule has 1 fully saturated rings. The minimum atomic E-state index is -4.98. The molecule has 9 nitrogen and oxygen atoms in total. The van der Waals surface area contributed by atoms with Crippen LogP contribution in [0.3, 0.4) is 0 Å². The molecular weight excluding hydrogens is 577 g/mol. The first-order valence-corrected chi connectivity index (χ1v) is 12.2. The van der Waals surface area contributed by atoms with Crippen molar-refractivity contribution in [2.75, 3.05) is 11.4 Å². The lowest BCUT2D eigenvalue weighted by molar-refractivity contribution is -0.155. The zero-order valence-corrected chi connectivity index (χ0v) is 21.2. The van der Waals surface area contributed by atoms with Gasteiger partial charge in [-0.25, -0.2) is 18.7 Å². The second-order valence-electron chi connectivity index (χ2n) is 9.10. The van der Waals surface area contributed by atoms with Gasteiger partial charge in [-0.15, -0.1) is 0 Å². The molecular formula is C26H17ClF5N5O4. The quantitative estimate of drug-likeness (QED) is 0.340. The van der Waals surface area contributed by atoms with Crippen LogP contribution in [0.5, 0.6) is 0 Å². The van der Waals surface area contributed by atoms with Gasteiger partial charge >= 0.3 is 6.18 Å². The molecule has 1 aliphatic heterocycles. The number of rotatable bonds is 5. The number of nitrogens with zero attached hydrogens (tertiary/aromatic N) is 4. The van der Waals surface area contributed by atoms with E-state index in [-0.39, 0.29) is 40.4 Å². The predicted octanol–water partition coefficient (Wildman–Crippen LogP) is 3.84. The van der Waals surface area contributed by atoms with Gasteiger partial charge < -0.3 is 10.4 Å². The lowest BCUT2D eigenvalue weighted by Crippen LogP contribution is -2.40. The number of carbonyl (C=O) groups is 2. The fraction of sp³-hybridized carbons (Fsp3) is 0.192. The number of β-amino-alcohol motifs (C(OH)–C–C–N with tert-alkyl or cyclic N) is 1. The van der Waals surface area contributed by atoms with Crippen LogP contribution in [0.1, 0.15) is 28.4 Å². The molecule has 1 saturated heterocycles.